The number of rotatable bonds is 64. The van der Waals surface area contributed by atoms with Crippen LogP contribution in [0.3, 0.4) is 0 Å². The van der Waals surface area contributed by atoms with Crippen molar-refractivity contribution < 1.29 is 95.1 Å². The van der Waals surface area contributed by atoms with Crippen LogP contribution in [-0.2, 0) is 110 Å². The highest BCUT2D eigenvalue weighted by Crippen LogP contribution is 2.27. The lowest BCUT2D eigenvalue weighted by Crippen LogP contribution is -2.46. The molecule has 4 amide bonds. The van der Waals surface area contributed by atoms with Gasteiger partial charge in [0.15, 0.2) is 12.4 Å². The molecule has 0 spiro atoms. The van der Waals surface area contributed by atoms with Gasteiger partial charge < -0.3 is 92.8 Å². The number of benzene rings is 1. The van der Waals surface area contributed by atoms with Crippen LogP contribution in [-0.4, -0.2) is 262 Å². The fraction of sp³-hybridized carbons (Fsp3) is 0.797. The smallest absolute Gasteiger partial charge is 0.312 e. The average molecular weight is 1450 g/mol. The fourth-order valence-corrected chi connectivity index (χ4v) is 9.84. The standard InChI is InChI=1S/C69H122N8O20S2/c1-55(2)64(73-62(79)52-97-75-60(53-98-68(6,7)8)54-99-69(9,10)11)61(78)49-57(13-12-21-71-66(70)82)65(81)72-58-16-14-56(15-17-58)51-96-63(80)19-18-59-50-77(76-74-59)22-24-84-26-28-86-30-32-88-34-36-90-38-40-92-42-44-94-46-48-95-47-45-93-43-41-91-39-37-89-35-33-87-31-29-85-27-25-83-23-20-67(3,4)5/h14-17,50,55,57,64H,12-13,18-49,51-54H2,1-11H3,(H,72,81)(H,73,79)(H3,70,71,82)/t57-,64+/m1/s1. The molecular formula is C69H122N8O20S2. The number of amides is 4. The Morgan fingerprint density at radius 3 is 1.41 bits per heavy atom. The first-order chi connectivity index (χ1) is 47.4. The van der Waals surface area contributed by atoms with E-state index in [4.69, 9.17) is 76.9 Å². The van der Waals surface area contributed by atoms with Gasteiger partial charge in [-0.3, -0.25) is 19.2 Å². The summed E-state index contributed by atoms with van der Waals surface area (Å²) in [5.74, 6) is -1.47. The van der Waals surface area contributed by atoms with Gasteiger partial charge in [0, 0.05) is 64.8 Å². The molecule has 1 aromatic carbocycles. The maximum Gasteiger partial charge on any atom is 0.312 e. The minimum absolute atomic E-state index is 0.0103. The number of nitrogens with two attached hydrogens (primary N) is 1. The van der Waals surface area contributed by atoms with Gasteiger partial charge >= 0.3 is 12.0 Å². The second-order valence-electron chi connectivity index (χ2n) is 26.4. The molecule has 99 heavy (non-hydrogen) atoms. The molecule has 1 heterocycles. The molecule has 0 saturated heterocycles. The number of ketones is 1. The summed E-state index contributed by atoms with van der Waals surface area (Å²) >= 11 is 3.47. The van der Waals surface area contributed by atoms with Gasteiger partial charge in [-0.15, -0.1) is 28.6 Å². The Hall–Kier alpha value is -4.64. The highest BCUT2D eigenvalue weighted by molar-refractivity contribution is 8.02. The van der Waals surface area contributed by atoms with Crippen LogP contribution >= 0.6 is 23.5 Å². The number of aromatic nitrogens is 3. The minimum Gasteiger partial charge on any atom is -0.461 e. The van der Waals surface area contributed by atoms with Crippen LogP contribution in [0.5, 0.6) is 0 Å². The van der Waals surface area contributed by atoms with E-state index in [9.17, 15) is 24.0 Å². The normalized spacial score (nSPS) is 12.6. The zero-order chi connectivity index (χ0) is 72.7. The topological polar surface area (TPSA) is 329 Å². The van der Waals surface area contributed by atoms with Crippen LogP contribution in [0.2, 0.25) is 0 Å². The molecule has 0 bridgehead atoms. The van der Waals surface area contributed by atoms with Gasteiger partial charge in [0.2, 0.25) is 5.91 Å². The van der Waals surface area contributed by atoms with E-state index in [1.54, 1.807) is 58.7 Å². The zero-order valence-electron chi connectivity index (χ0n) is 61.3. The van der Waals surface area contributed by atoms with Crippen LogP contribution in [0.4, 0.5) is 10.5 Å². The van der Waals surface area contributed by atoms with Gasteiger partial charge in [-0.25, -0.2) is 9.48 Å². The molecule has 0 aliphatic rings. The number of esters is 1. The van der Waals surface area contributed by atoms with Gasteiger partial charge in [0.05, 0.1) is 196 Å². The summed E-state index contributed by atoms with van der Waals surface area (Å²) in [4.78, 5) is 70.3. The molecule has 0 unspecified atom stereocenters. The van der Waals surface area contributed by atoms with E-state index >= 15 is 0 Å². The number of carbonyl (C=O) groups is 5. The molecular weight excluding hydrogens is 1320 g/mol. The molecule has 0 saturated carbocycles. The first-order valence-corrected chi connectivity index (χ1v) is 36.6. The van der Waals surface area contributed by atoms with Crippen LogP contribution in [0, 0.1) is 17.3 Å². The van der Waals surface area contributed by atoms with Crippen molar-refractivity contribution in [2.24, 2.45) is 28.1 Å². The maximum absolute atomic E-state index is 13.8. The molecule has 0 radical (unpaired) electrons. The Balaban J connectivity index is 1.47. The van der Waals surface area contributed by atoms with Crippen LogP contribution < -0.4 is 21.7 Å². The predicted molar refractivity (Wildman–Crippen MR) is 382 cm³/mol. The van der Waals surface area contributed by atoms with E-state index < -0.39 is 35.8 Å². The van der Waals surface area contributed by atoms with Gasteiger partial charge in [-0.05, 0) is 48.3 Å². The first kappa shape index (κ1) is 90.4. The Bertz CT molecular complexity index is 2410. The fourth-order valence-electron chi connectivity index (χ4n) is 8.20. The highest BCUT2D eigenvalue weighted by atomic mass is 32.2. The molecule has 2 aromatic rings. The third-order valence-electron chi connectivity index (χ3n) is 13.6. The Labute approximate surface area is 597 Å². The number of primary amides is 1. The molecule has 570 valence electrons. The van der Waals surface area contributed by atoms with Crippen molar-refractivity contribution in [3.63, 3.8) is 0 Å². The maximum atomic E-state index is 13.8. The number of hydrogen-bond acceptors (Lipinski definition) is 25. The van der Waals surface area contributed by atoms with Crippen LogP contribution in [0.1, 0.15) is 120 Å². The van der Waals surface area contributed by atoms with Gasteiger partial charge in [-0.2, -0.15) is 0 Å². The van der Waals surface area contributed by atoms with E-state index in [2.05, 4.69) is 93.7 Å². The van der Waals surface area contributed by atoms with Crippen LogP contribution in [0.15, 0.2) is 35.6 Å². The van der Waals surface area contributed by atoms with E-state index in [1.807, 2.05) is 13.8 Å². The number of urea groups is 1. The third-order valence-corrected chi connectivity index (χ3v) is 16.3. The SMILES string of the molecule is CC(C)[C@H](NC(=O)CON=C(CSC(C)(C)C)CSC(C)(C)C)C(=O)C[C@@H](CCCNC(N)=O)C(=O)Nc1ccc(COC(=O)CCc2cn(CCOCCOCCOCCOCCOCCOCCOCCOCCOCCOCCOCCOCCOCCC(C)(C)C)nn2)cc1. The third kappa shape index (κ3) is 55.6. The summed E-state index contributed by atoms with van der Waals surface area (Å²) in [7, 11) is 0. The molecule has 0 fully saturated rings. The second kappa shape index (κ2) is 56.8. The molecule has 0 aliphatic heterocycles. The molecule has 30 heteroatoms. The van der Waals surface area contributed by atoms with Gasteiger partial charge in [0.25, 0.3) is 5.91 Å². The van der Waals surface area contributed by atoms with Crippen molar-refractivity contribution in [3.8, 4) is 0 Å². The van der Waals surface area contributed by atoms with E-state index in [0.29, 0.717) is 213 Å². The largest absolute Gasteiger partial charge is 0.461 e. The molecule has 1 aromatic heterocycles. The number of Topliss-reactive ketones (excluding diaryl/α,β-unsaturated/α-hetero) is 1. The number of oxime groups is 1. The summed E-state index contributed by atoms with van der Waals surface area (Å²) in [6.45, 7) is 36.0. The van der Waals surface area contributed by atoms with Crippen molar-refractivity contribution in [1.82, 2.24) is 25.6 Å². The first-order valence-electron chi connectivity index (χ1n) is 34.6. The Morgan fingerprint density at radius 1 is 0.586 bits per heavy atom. The number of hydrogen-bond donors (Lipinski definition) is 4. The van der Waals surface area contributed by atoms with E-state index in [-0.39, 0.29) is 65.6 Å². The van der Waals surface area contributed by atoms with Crippen molar-refractivity contribution in [2.45, 2.75) is 143 Å². The van der Waals surface area contributed by atoms with Gasteiger partial charge in [0.1, 0.15) is 6.61 Å². The van der Waals surface area contributed by atoms with Crippen molar-refractivity contribution >= 4 is 64.5 Å². The summed E-state index contributed by atoms with van der Waals surface area (Å²) in [5, 5.41) is 20.8. The number of anilines is 1. The number of carbonyl (C=O) groups excluding carboxylic acids is 5. The number of nitrogens with zero attached hydrogens (tertiary/aromatic N) is 4. The Kier molecular flexibility index (Phi) is 51.9. The Morgan fingerprint density at radius 2 is 1.01 bits per heavy atom. The molecule has 2 rings (SSSR count). The van der Waals surface area contributed by atoms with Crippen molar-refractivity contribution in [3.05, 3.63) is 41.7 Å². The van der Waals surface area contributed by atoms with Crippen molar-refractivity contribution in [2.75, 3.05) is 202 Å². The van der Waals surface area contributed by atoms with E-state index in [1.165, 1.54) is 0 Å². The van der Waals surface area contributed by atoms with E-state index in [0.717, 1.165) is 18.7 Å². The number of thioether (sulfide) groups is 2. The van der Waals surface area contributed by atoms with Crippen LogP contribution in [0.25, 0.3) is 0 Å². The highest BCUT2D eigenvalue weighted by Gasteiger charge is 2.30. The van der Waals surface area contributed by atoms with Gasteiger partial charge in [-0.1, -0.05) is 98.7 Å². The summed E-state index contributed by atoms with van der Waals surface area (Å²) in [6.07, 6.45) is 3.67. The minimum atomic E-state index is -0.894. The average Bonchev–Trinajstić information content (AvgIpc) is 1.52. The monoisotopic (exact) mass is 1450 g/mol. The number of ether oxygens (including phenoxy) is 14. The molecule has 0 aliphatic carbocycles. The molecule has 2 atom stereocenters. The lowest BCUT2D eigenvalue weighted by atomic mass is 9.89. The number of aryl methyl sites for hydroxylation is 1. The van der Waals surface area contributed by atoms with Crippen molar-refractivity contribution in [1.29, 1.82) is 0 Å². The summed E-state index contributed by atoms with van der Waals surface area (Å²) in [5.41, 5.74) is 8.15. The molecule has 5 N–H and O–H groups in total. The molecule has 28 nitrogen and oxygen atoms in total. The lowest BCUT2D eigenvalue weighted by molar-refractivity contribution is -0.145. The summed E-state index contributed by atoms with van der Waals surface area (Å²) < 4.78 is 79.3. The zero-order valence-corrected chi connectivity index (χ0v) is 63.0. The second-order valence-corrected chi connectivity index (χ2v) is 30.0. The summed E-state index contributed by atoms with van der Waals surface area (Å²) in [6, 6.07) is 5.21. The number of nitrogens with one attached hydrogen (secondary N) is 3. The predicted octanol–water partition coefficient (Wildman–Crippen LogP) is 7.15. The quantitative estimate of drug-likeness (QED) is 0.0221. The lowest BCUT2D eigenvalue weighted by Gasteiger charge is -2.24.